The number of carbonyl (C=O) groups excluding carboxylic acids is 1. The largest absolute Gasteiger partial charge is 0.508 e. The number of nitro benzene ring substituents is 2. The Balaban J connectivity index is 1.90. The zero-order valence-electron chi connectivity index (χ0n) is 14.7. The van der Waals surface area contributed by atoms with Crippen LogP contribution in [0.25, 0.3) is 0 Å². The molecule has 1 aliphatic carbocycles. The minimum Gasteiger partial charge on any atom is -0.508 e. The predicted molar refractivity (Wildman–Crippen MR) is 97.5 cm³/mol. The van der Waals surface area contributed by atoms with Crippen molar-refractivity contribution in [2.24, 2.45) is 5.16 Å². The summed E-state index contributed by atoms with van der Waals surface area (Å²) in [6.45, 7) is 1.73. The van der Waals surface area contributed by atoms with Crippen LogP contribution in [0.1, 0.15) is 39.9 Å². The molecule has 3 rings (SSSR count). The lowest BCUT2D eigenvalue weighted by atomic mass is 9.88. The van der Waals surface area contributed by atoms with Gasteiger partial charge in [0.15, 0.2) is 0 Å². The van der Waals surface area contributed by atoms with Gasteiger partial charge in [0, 0.05) is 17.7 Å². The molecule has 0 spiro atoms. The summed E-state index contributed by atoms with van der Waals surface area (Å²) in [6, 6.07) is 5.94. The summed E-state index contributed by atoms with van der Waals surface area (Å²) >= 11 is 0. The smallest absolute Gasteiger partial charge is 0.366 e. The van der Waals surface area contributed by atoms with E-state index in [9.17, 15) is 30.1 Å². The van der Waals surface area contributed by atoms with Crippen LogP contribution in [0.5, 0.6) is 5.75 Å². The maximum absolute atomic E-state index is 12.3. The number of hydrogen-bond donors (Lipinski definition) is 1. The number of phenolic OH excluding ortho intramolecular Hbond substituents is 1. The predicted octanol–water partition coefficient (Wildman–Crippen LogP) is 3.41. The van der Waals surface area contributed by atoms with Gasteiger partial charge in [0.2, 0.25) is 0 Å². The average Bonchev–Trinajstić information content (AvgIpc) is 2.66. The molecule has 1 N–H and O–H groups in total. The molecule has 0 bridgehead atoms. The molecule has 0 radical (unpaired) electrons. The van der Waals surface area contributed by atoms with Gasteiger partial charge in [0.25, 0.3) is 11.4 Å². The number of hydrogen-bond acceptors (Lipinski definition) is 8. The van der Waals surface area contributed by atoms with Crippen LogP contribution in [0.15, 0.2) is 35.5 Å². The van der Waals surface area contributed by atoms with Crippen molar-refractivity contribution in [1.29, 1.82) is 0 Å². The van der Waals surface area contributed by atoms with Crippen molar-refractivity contribution in [2.45, 2.75) is 26.2 Å². The van der Waals surface area contributed by atoms with Gasteiger partial charge in [-0.15, -0.1) is 0 Å². The fourth-order valence-corrected chi connectivity index (χ4v) is 2.96. The van der Waals surface area contributed by atoms with Crippen molar-refractivity contribution in [3.05, 3.63) is 72.8 Å². The molecule has 0 atom stereocenters. The number of nitro groups is 2. The lowest BCUT2D eigenvalue weighted by Crippen LogP contribution is -2.14. The Labute approximate surface area is 158 Å². The highest BCUT2D eigenvalue weighted by Crippen LogP contribution is 2.29. The van der Waals surface area contributed by atoms with Crippen molar-refractivity contribution in [2.75, 3.05) is 0 Å². The summed E-state index contributed by atoms with van der Waals surface area (Å²) in [4.78, 5) is 37.4. The van der Waals surface area contributed by atoms with E-state index in [1.165, 1.54) is 0 Å². The molecule has 2 aromatic carbocycles. The number of aryl methyl sites for hydroxylation is 2. The third-order valence-electron chi connectivity index (χ3n) is 4.39. The first-order chi connectivity index (χ1) is 13.3. The number of aromatic hydroxyl groups is 1. The molecule has 1 aliphatic rings. The molecule has 0 aliphatic heterocycles. The fraction of sp³-hybridized carbons (Fsp3) is 0.222. The quantitative estimate of drug-likeness (QED) is 0.482. The summed E-state index contributed by atoms with van der Waals surface area (Å²) in [5.74, 6) is -0.872. The first-order valence-electron chi connectivity index (χ1n) is 8.31. The zero-order valence-corrected chi connectivity index (χ0v) is 14.7. The molecule has 144 valence electrons. The van der Waals surface area contributed by atoms with E-state index >= 15 is 0 Å². The van der Waals surface area contributed by atoms with Crippen LogP contribution >= 0.6 is 0 Å². The molecule has 0 heterocycles. The van der Waals surface area contributed by atoms with Crippen molar-refractivity contribution in [3.63, 3.8) is 0 Å². The van der Waals surface area contributed by atoms with Crippen LogP contribution in [0.2, 0.25) is 0 Å². The third-order valence-corrected chi connectivity index (χ3v) is 4.39. The summed E-state index contributed by atoms with van der Waals surface area (Å²) in [5, 5.41) is 35.6. The summed E-state index contributed by atoms with van der Waals surface area (Å²) < 4.78 is 0. The van der Waals surface area contributed by atoms with Crippen LogP contribution in [0.4, 0.5) is 11.4 Å². The normalized spacial score (nSPS) is 14.4. The van der Waals surface area contributed by atoms with E-state index in [-0.39, 0.29) is 11.3 Å². The standard InChI is InChI=1S/C18H15N3O7/c1-10-5-15-11(8-17(10)22)3-2-4-16(15)19-28-18(23)12-6-13(20(24)25)9-14(7-12)21(26)27/h5-9,22H,2-4H2,1H3. The van der Waals surface area contributed by atoms with Crippen molar-refractivity contribution in [3.8, 4) is 5.75 Å². The van der Waals surface area contributed by atoms with E-state index in [0.29, 0.717) is 17.7 Å². The van der Waals surface area contributed by atoms with E-state index in [1.54, 1.807) is 19.1 Å². The maximum atomic E-state index is 12.3. The Morgan fingerprint density at radius 3 is 2.32 bits per heavy atom. The van der Waals surface area contributed by atoms with Crippen LogP contribution < -0.4 is 0 Å². The molecule has 10 heteroatoms. The van der Waals surface area contributed by atoms with Crippen LogP contribution in [-0.2, 0) is 11.3 Å². The third kappa shape index (κ3) is 3.80. The molecule has 0 amide bonds. The topological polar surface area (TPSA) is 145 Å². The Bertz CT molecular complexity index is 998. The zero-order chi connectivity index (χ0) is 20.4. The van der Waals surface area contributed by atoms with Gasteiger partial charge < -0.3 is 9.94 Å². The fourth-order valence-electron chi connectivity index (χ4n) is 2.96. The number of oxime groups is 1. The Kier molecular flexibility index (Phi) is 5.03. The molecule has 0 unspecified atom stereocenters. The van der Waals surface area contributed by atoms with Gasteiger partial charge in [-0.2, -0.15) is 0 Å². The highest BCUT2D eigenvalue weighted by molar-refractivity contribution is 6.03. The highest BCUT2D eigenvalue weighted by Gasteiger charge is 2.22. The van der Waals surface area contributed by atoms with E-state index in [0.717, 1.165) is 42.2 Å². The second-order valence-corrected chi connectivity index (χ2v) is 6.32. The van der Waals surface area contributed by atoms with Crippen LogP contribution in [0, 0.1) is 27.2 Å². The Hall–Kier alpha value is -3.82. The first-order valence-corrected chi connectivity index (χ1v) is 8.31. The number of fused-ring (bicyclic) bond motifs is 1. The van der Waals surface area contributed by atoms with Crippen molar-refractivity contribution < 1.29 is 24.6 Å². The molecule has 10 nitrogen and oxygen atoms in total. The maximum Gasteiger partial charge on any atom is 0.366 e. The van der Waals surface area contributed by atoms with Gasteiger partial charge in [-0.1, -0.05) is 5.16 Å². The molecule has 0 saturated carbocycles. The number of rotatable bonds is 4. The monoisotopic (exact) mass is 385 g/mol. The van der Waals surface area contributed by atoms with Crippen LogP contribution in [-0.4, -0.2) is 26.6 Å². The molecule has 0 fully saturated rings. The van der Waals surface area contributed by atoms with Gasteiger partial charge in [-0.05, 0) is 49.4 Å². The van der Waals surface area contributed by atoms with E-state index in [2.05, 4.69) is 5.16 Å². The average molecular weight is 385 g/mol. The number of nitrogens with zero attached hydrogens (tertiary/aromatic N) is 3. The minimum absolute atomic E-state index is 0.167. The van der Waals surface area contributed by atoms with Gasteiger partial charge in [0.1, 0.15) is 5.75 Å². The molecular formula is C18H15N3O7. The summed E-state index contributed by atoms with van der Waals surface area (Å²) in [7, 11) is 0. The molecule has 0 aromatic heterocycles. The number of non-ortho nitro benzene ring substituents is 2. The first kappa shape index (κ1) is 19.0. The van der Waals surface area contributed by atoms with E-state index in [4.69, 9.17) is 4.84 Å². The Morgan fingerprint density at radius 2 is 1.71 bits per heavy atom. The van der Waals surface area contributed by atoms with Gasteiger partial charge in [-0.3, -0.25) is 20.2 Å². The lowest BCUT2D eigenvalue weighted by molar-refractivity contribution is -0.394. The van der Waals surface area contributed by atoms with Gasteiger partial charge >= 0.3 is 5.97 Å². The molecule has 2 aromatic rings. The number of carbonyl (C=O) groups is 1. The van der Waals surface area contributed by atoms with E-state index in [1.807, 2.05) is 0 Å². The second kappa shape index (κ2) is 7.43. The summed E-state index contributed by atoms with van der Waals surface area (Å²) in [5.41, 5.74) is 1.23. The SMILES string of the molecule is Cc1cc2c(cc1O)CCCC2=NOC(=O)c1cc([N+](=O)[O-])cc([N+](=O)[O-])c1. The van der Waals surface area contributed by atoms with Crippen molar-refractivity contribution in [1.82, 2.24) is 0 Å². The Morgan fingerprint density at radius 1 is 1.07 bits per heavy atom. The van der Waals surface area contributed by atoms with E-state index < -0.39 is 27.2 Å². The molecular weight excluding hydrogens is 370 g/mol. The lowest BCUT2D eigenvalue weighted by Gasteiger charge is -2.18. The molecule has 0 saturated heterocycles. The number of phenols is 1. The van der Waals surface area contributed by atoms with Gasteiger partial charge in [-0.25, -0.2) is 4.79 Å². The van der Waals surface area contributed by atoms with Crippen LogP contribution in [0.3, 0.4) is 0 Å². The van der Waals surface area contributed by atoms with Crippen molar-refractivity contribution >= 4 is 23.1 Å². The summed E-state index contributed by atoms with van der Waals surface area (Å²) in [6.07, 6.45) is 2.03. The van der Waals surface area contributed by atoms with Gasteiger partial charge in [0.05, 0.1) is 27.2 Å². The highest BCUT2D eigenvalue weighted by atomic mass is 16.7. The second-order valence-electron chi connectivity index (χ2n) is 6.32. The molecule has 28 heavy (non-hydrogen) atoms. The minimum atomic E-state index is -1.04. The number of benzene rings is 2.